The molecule has 3 amide bonds. The van der Waals surface area contributed by atoms with E-state index in [2.05, 4.69) is 15.6 Å². The van der Waals surface area contributed by atoms with Crippen LogP contribution < -0.4 is 15.4 Å². The van der Waals surface area contributed by atoms with Gasteiger partial charge in [-0.25, -0.2) is 4.98 Å². The second kappa shape index (κ2) is 17.1. The highest BCUT2D eigenvalue weighted by atomic mass is 16.5. The predicted octanol–water partition coefficient (Wildman–Crippen LogP) is 2.94. The minimum Gasteiger partial charge on any atom is -0.484 e. The number of methoxy groups -OCH3 is 1. The number of rotatable bonds is 7. The smallest absolute Gasteiger partial charge is 0.314 e. The quantitative estimate of drug-likeness (QED) is 0.379. The van der Waals surface area contributed by atoms with Crippen LogP contribution in [0.5, 0.6) is 5.75 Å². The van der Waals surface area contributed by atoms with Crippen molar-refractivity contribution < 1.29 is 33.4 Å². The van der Waals surface area contributed by atoms with Crippen LogP contribution >= 0.6 is 0 Å². The Balaban J connectivity index is 1.51. The molecule has 2 bridgehead atoms. The summed E-state index contributed by atoms with van der Waals surface area (Å²) >= 11 is 0. The number of carbonyl (C=O) groups excluding carboxylic acids is 4. The summed E-state index contributed by atoms with van der Waals surface area (Å²) in [6, 6.07) is 14.4. The maximum Gasteiger partial charge on any atom is 0.314 e. The lowest BCUT2D eigenvalue weighted by molar-refractivity contribution is -0.156. The number of imidazole rings is 1. The van der Waals surface area contributed by atoms with Gasteiger partial charge in [-0.05, 0) is 74.6 Å². The molecule has 0 spiro atoms. The number of nitrogens with one attached hydrogen (secondary N) is 2. The molecule has 12 nitrogen and oxygen atoms in total. The SMILES string of the molecule is CCOC(=O)C1(CCOC)CNC(=O)CCCN(C(=O)c2ccc(-n3ccnc3)cc2)CCCNC(=O)COc2ccc(cc2)C1. The lowest BCUT2D eigenvalue weighted by atomic mass is 9.78. The molecule has 46 heavy (non-hydrogen) atoms. The average molecular weight is 634 g/mol. The first-order valence-electron chi connectivity index (χ1n) is 15.6. The number of hydrogen-bond acceptors (Lipinski definition) is 8. The Morgan fingerprint density at radius 1 is 1.00 bits per heavy atom. The van der Waals surface area contributed by atoms with Crippen molar-refractivity contribution in [2.24, 2.45) is 5.41 Å². The summed E-state index contributed by atoms with van der Waals surface area (Å²) in [4.78, 5) is 58.2. The van der Waals surface area contributed by atoms with Crippen molar-refractivity contribution in [2.75, 3.05) is 53.1 Å². The molecular formula is C34H43N5O7. The Morgan fingerprint density at radius 2 is 1.76 bits per heavy atom. The second-order valence-corrected chi connectivity index (χ2v) is 11.2. The van der Waals surface area contributed by atoms with E-state index in [1.807, 2.05) is 35.0 Å². The number of hydrogen-bond donors (Lipinski definition) is 2. The average Bonchev–Trinajstić information content (AvgIpc) is 3.61. The molecule has 0 fully saturated rings. The molecule has 0 saturated heterocycles. The summed E-state index contributed by atoms with van der Waals surface area (Å²) in [6.45, 7) is 3.24. The number of benzene rings is 2. The molecule has 1 aromatic heterocycles. The van der Waals surface area contributed by atoms with Gasteiger partial charge in [-0.1, -0.05) is 12.1 Å². The van der Waals surface area contributed by atoms with Crippen LogP contribution in [-0.4, -0.2) is 91.3 Å². The Labute approximate surface area is 269 Å². The fourth-order valence-electron chi connectivity index (χ4n) is 5.33. The van der Waals surface area contributed by atoms with Crippen LogP contribution in [0.4, 0.5) is 0 Å². The van der Waals surface area contributed by atoms with Gasteiger partial charge in [0.05, 0.1) is 18.3 Å². The summed E-state index contributed by atoms with van der Waals surface area (Å²) < 4.78 is 18.3. The topological polar surface area (TPSA) is 141 Å². The van der Waals surface area contributed by atoms with Gasteiger partial charge in [-0.2, -0.15) is 0 Å². The number of fused-ring (bicyclic) bond motifs is 17. The molecule has 2 aliphatic rings. The highest BCUT2D eigenvalue weighted by molar-refractivity contribution is 5.94. The molecule has 0 saturated carbocycles. The monoisotopic (exact) mass is 633 g/mol. The minimum atomic E-state index is -1.06. The number of carbonyl (C=O) groups is 4. The van der Waals surface area contributed by atoms with Gasteiger partial charge in [-0.15, -0.1) is 0 Å². The van der Waals surface area contributed by atoms with Crippen molar-refractivity contribution >= 4 is 23.7 Å². The van der Waals surface area contributed by atoms with Crippen molar-refractivity contribution in [3.05, 3.63) is 78.4 Å². The van der Waals surface area contributed by atoms with Crippen LogP contribution in [0.1, 0.15) is 48.5 Å². The molecule has 1 unspecified atom stereocenters. The fourth-order valence-corrected chi connectivity index (χ4v) is 5.33. The van der Waals surface area contributed by atoms with E-state index in [9.17, 15) is 19.2 Å². The van der Waals surface area contributed by atoms with E-state index in [1.165, 1.54) is 0 Å². The molecule has 246 valence electrons. The maximum absolute atomic E-state index is 13.6. The molecule has 5 rings (SSSR count). The Kier molecular flexibility index (Phi) is 12.7. The zero-order valence-electron chi connectivity index (χ0n) is 26.5. The zero-order chi connectivity index (χ0) is 32.8. The molecule has 2 aliphatic heterocycles. The summed E-state index contributed by atoms with van der Waals surface area (Å²) in [7, 11) is 1.56. The Hall–Kier alpha value is -4.71. The molecule has 0 aliphatic carbocycles. The molecule has 2 aromatic carbocycles. The third kappa shape index (κ3) is 9.64. The van der Waals surface area contributed by atoms with E-state index < -0.39 is 11.4 Å². The lowest BCUT2D eigenvalue weighted by Gasteiger charge is -2.32. The molecule has 3 aromatic rings. The van der Waals surface area contributed by atoms with Crippen molar-refractivity contribution in [2.45, 2.75) is 39.0 Å². The first-order chi connectivity index (χ1) is 22.3. The summed E-state index contributed by atoms with van der Waals surface area (Å²) in [5, 5.41) is 5.80. The van der Waals surface area contributed by atoms with Crippen LogP contribution in [0.15, 0.2) is 67.3 Å². The van der Waals surface area contributed by atoms with Gasteiger partial charge in [0.15, 0.2) is 6.61 Å². The molecule has 3 heterocycles. The number of esters is 1. The first kappa shape index (κ1) is 34.2. The first-order valence-corrected chi connectivity index (χ1v) is 15.6. The van der Waals surface area contributed by atoms with Gasteiger partial charge in [0.2, 0.25) is 5.91 Å². The highest BCUT2D eigenvalue weighted by Crippen LogP contribution is 2.30. The van der Waals surface area contributed by atoms with E-state index in [1.54, 1.807) is 55.7 Å². The van der Waals surface area contributed by atoms with Crippen molar-refractivity contribution in [1.82, 2.24) is 25.1 Å². The summed E-state index contributed by atoms with van der Waals surface area (Å²) in [5.74, 6) is -0.575. The van der Waals surface area contributed by atoms with Crippen molar-refractivity contribution in [3.8, 4) is 11.4 Å². The molecular weight excluding hydrogens is 590 g/mol. The van der Waals surface area contributed by atoms with E-state index in [4.69, 9.17) is 14.2 Å². The fraction of sp³-hybridized carbons (Fsp3) is 0.441. The third-order valence-corrected chi connectivity index (χ3v) is 7.92. The van der Waals surface area contributed by atoms with Crippen LogP contribution in [0.3, 0.4) is 0 Å². The van der Waals surface area contributed by atoms with Gasteiger partial charge in [0.25, 0.3) is 11.8 Å². The van der Waals surface area contributed by atoms with Crippen LogP contribution in [0.25, 0.3) is 5.69 Å². The summed E-state index contributed by atoms with van der Waals surface area (Å²) in [5.41, 5.74) is 1.18. The van der Waals surface area contributed by atoms with E-state index in [-0.39, 0.29) is 43.9 Å². The van der Waals surface area contributed by atoms with Gasteiger partial charge >= 0.3 is 5.97 Å². The Morgan fingerprint density at radius 3 is 2.46 bits per heavy atom. The van der Waals surface area contributed by atoms with E-state index in [0.717, 1.165) is 11.3 Å². The zero-order valence-corrected chi connectivity index (χ0v) is 26.5. The van der Waals surface area contributed by atoms with Gasteiger partial charge < -0.3 is 34.3 Å². The van der Waals surface area contributed by atoms with Crippen LogP contribution in [0, 0.1) is 5.41 Å². The molecule has 0 radical (unpaired) electrons. The lowest BCUT2D eigenvalue weighted by Crippen LogP contribution is -2.46. The maximum atomic E-state index is 13.6. The largest absolute Gasteiger partial charge is 0.484 e. The molecule has 12 heteroatoms. The van der Waals surface area contributed by atoms with Crippen LogP contribution in [-0.2, 0) is 30.3 Å². The third-order valence-electron chi connectivity index (χ3n) is 7.92. The number of amides is 3. The highest BCUT2D eigenvalue weighted by Gasteiger charge is 2.40. The van der Waals surface area contributed by atoms with Crippen LogP contribution in [0.2, 0.25) is 0 Å². The second-order valence-electron chi connectivity index (χ2n) is 11.2. The molecule has 1 atom stereocenters. The van der Waals surface area contributed by atoms with E-state index >= 15 is 0 Å². The molecule has 2 N–H and O–H groups in total. The Bertz CT molecular complexity index is 1430. The number of aromatic nitrogens is 2. The predicted molar refractivity (Wildman–Crippen MR) is 171 cm³/mol. The number of nitrogens with zero attached hydrogens (tertiary/aromatic N) is 3. The van der Waals surface area contributed by atoms with Crippen molar-refractivity contribution in [3.63, 3.8) is 0 Å². The van der Waals surface area contributed by atoms with Gasteiger partial charge in [0, 0.05) is 70.0 Å². The van der Waals surface area contributed by atoms with Gasteiger partial charge in [-0.3, -0.25) is 19.2 Å². The minimum absolute atomic E-state index is 0.0678. The summed E-state index contributed by atoms with van der Waals surface area (Å²) in [6.07, 6.45) is 6.93. The van der Waals surface area contributed by atoms with Gasteiger partial charge in [0.1, 0.15) is 5.75 Å². The normalized spacial score (nSPS) is 18.6. The standard InChI is InChI=1S/C34H43N5O7/c1-3-45-33(43)34(15-21-44-2)22-26-7-13-29(14-8-26)46-23-31(41)36-16-5-19-38(18-4-6-30(40)37-24-34)32(42)27-9-11-28(12-10-27)39-20-17-35-25-39/h7-14,17,20,25H,3-6,15-16,18-19,21-24H2,1-2H3,(H,36,41)(H,37,40). The van der Waals surface area contributed by atoms with E-state index in [0.29, 0.717) is 63.2 Å². The number of ether oxygens (including phenoxy) is 3. The van der Waals surface area contributed by atoms with Crippen molar-refractivity contribution in [1.29, 1.82) is 0 Å².